The van der Waals surface area contributed by atoms with E-state index in [1.54, 1.807) is 4.90 Å². The molecule has 2 atom stereocenters. The number of hydrogen-bond donors (Lipinski definition) is 1. The molecule has 27 heavy (non-hydrogen) atoms. The lowest BCUT2D eigenvalue weighted by molar-refractivity contribution is -0.144. The number of amides is 1. The van der Waals surface area contributed by atoms with Crippen LogP contribution in [-0.4, -0.2) is 53.8 Å². The molecule has 2 N–H and O–H groups in total. The Morgan fingerprint density at radius 1 is 1.26 bits per heavy atom. The Hall–Kier alpha value is -2.16. The first kappa shape index (κ1) is 19.6. The van der Waals surface area contributed by atoms with Gasteiger partial charge >= 0.3 is 6.55 Å². The largest absolute Gasteiger partial charge is 0.341 e. The second kappa shape index (κ2) is 8.24. The van der Waals surface area contributed by atoms with E-state index in [0.717, 1.165) is 18.2 Å². The Labute approximate surface area is 154 Å². The van der Waals surface area contributed by atoms with Gasteiger partial charge in [-0.2, -0.15) is 13.9 Å². The number of nitrogens with two attached hydrogens (primary N) is 1. The van der Waals surface area contributed by atoms with E-state index in [1.807, 2.05) is 0 Å². The van der Waals surface area contributed by atoms with Crippen molar-refractivity contribution in [2.75, 3.05) is 13.1 Å². The molecule has 0 aromatic heterocycles. The van der Waals surface area contributed by atoms with Gasteiger partial charge in [0.1, 0.15) is 17.7 Å². The van der Waals surface area contributed by atoms with Crippen LogP contribution in [0.2, 0.25) is 0 Å². The molecule has 1 fully saturated rings. The standard InChI is InChI=1S/C18H22F4N4O/c19-13-1-2-14(20)12(9-13)10-15(23)11-4-7-25(8-5-11)17(27)16-3-6-24-26(16)18(21)22/h1-2,6,9,11,15-16,18H,3-5,7-8,10,23H2/t15-,16?/m1/s1. The molecule has 2 aliphatic heterocycles. The van der Waals surface area contributed by atoms with Crippen molar-refractivity contribution in [2.24, 2.45) is 16.8 Å². The van der Waals surface area contributed by atoms with Crippen LogP contribution in [0, 0.1) is 17.6 Å². The number of alkyl halides is 2. The van der Waals surface area contributed by atoms with E-state index >= 15 is 0 Å². The molecule has 5 nitrogen and oxygen atoms in total. The summed E-state index contributed by atoms with van der Waals surface area (Å²) >= 11 is 0. The molecule has 2 aliphatic rings. The number of nitrogens with zero attached hydrogens (tertiary/aromatic N) is 3. The highest BCUT2D eigenvalue weighted by Crippen LogP contribution is 2.26. The zero-order valence-electron chi connectivity index (χ0n) is 14.7. The van der Waals surface area contributed by atoms with Gasteiger partial charge in [0.2, 0.25) is 5.91 Å². The van der Waals surface area contributed by atoms with Gasteiger partial charge in [0, 0.05) is 31.8 Å². The Morgan fingerprint density at radius 3 is 2.63 bits per heavy atom. The molecule has 9 heteroatoms. The third-order valence-corrected chi connectivity index (χ3v) is 5.27. The average molecular weight is 386 g/mol. The lowest BCUT2D eigenvalue weighted by atomic mass is 9.86. The Morgan fingerprint density at radius 2 is 1.96 bits per heavy atom. The number of halogens is 4. The molecule has 1 amide bonds. The number of carbonyl (C=O) groups is 1. The molecular weight excluding hydrogens is 364 g/mol. The molecular formula is C18H22F4N4O. The fourth-order valence-corrected chi connectivity index (χ4v) is 3.71. The summed E-state index contributed by atoms with van der Waals surface area (Å²) < 4.78 is 52.9. The van der Waals surface area contributed by atoms with Crippen molar-refractivity contribution in [3.05, 3.63) is 35.4 Å². The molecule has 0 bridgehead atoms. The van der Waals surface area contributed by atoms with Crippen molar-refractivity contribution in [1.82, 2.24) is 9.91 Å². The highest BCUT2D eigenvalue weighted by Gasteiger charge is 2.37. The van der Waals surface area contributed by atoms with Crippen LogP contribution in [0.4, 0.5) is 17.6 Å². The maximum atomic E-state index is 13.8. The SMILES string of the molecule is N[C@H](Cc1cc(F)ccc1F)C1CCN(C(=O)C2CC=NN2C(F)F)CC1. The minimum atomic E-state index is -2.81. The minimum Gasteiger partial charge on any atom is -0.341 e. The predicted molar refractivity (Wildman–Crippen MR) is 92.1 cm³/mol. The smallest absolute Gasteiger partial charge is 0.330 e. The number of carbonyl (C=O) groups excluding carboxylic acids is 1. The highest BCUT2D eigenvalue weighted by molar-refractivity contribution is 5.86. The second-order valence-electron chi connectivity index (χ2n) is 6.97. The van der Waals surface area contributed by atoms with E-state index in [0.29, 0.717) is 30.9 Å². The van der Waals surface area contributed by atoms with Crippen LogP contribution in [-0.2, 0) is 11.2 Å². The summed E-state index contributed by atoms with van der Waals surface area (Å²) in [6.45, 7) is -2.02. The maximum absolute atomic E-state index is 13.8. The van der Waals surface area contributed by atoms with Gasteiger partial charge in [-0.3, -0.25) is 4.79 Å². The van der Waals surface area contributed by atoms with Crippen LogP contribution in [0.5, 0.6) is 0 Å². The van der Waals surface area contributed by atoms with Crippen LogP contribution >= 0.6 is 0 Å². The normalized spacial score (nSPS) is 21.9. The van der Waals surface area contributed by atoms with Crippen molar-refractivity contribution in [1.29, 1.82) is 0 Å². The van der Waals surface area contributed by atoms with Gasteiger partial charge in [-0.25, -0.2) is 13.8 Å². The van der Waals surface area contributed by atoms with Crippen LogP contribution in [0.25, 0.3) is 0 Å². The van der Waals surface area contributed by atoms with Crippen molar-refractivity contribution in [3.8, 4) is 0 Å². The molecule has 3 rings (SSSR count). The predicted octanol–water partition coefficient (Wildman–Crippen LogP) is 2.36. The lowest BCUT2D eigenvalue weighted by Crippen LogP contribution is -2.50. The molecule has 1 unspecified atom stereocenters. The zero-order valence-corrected chi connectivity index (χ0v) is 14.7. The van der Waals surface area contributed by atoms with Crippen molar-refractivity contribution in [3.63, 3.8) is 0 Å². The second-order valence-corrected chi connectivity index (χ2v) is 6.97. The van der Waals surface area contributed by atoms with Crippen molar-refractivity contribution >= 4 is 12.1 Å². The van der Waals surface area contributed by atoms with Gasteiger partial charge in [-0.05, 0) is 48.9 Å². The van der Waals surface area contributed by atoms with Crippen molar-refractivity contribution in [2.45, 2.75) is 44.3 Å². The number of hydrazone groups is 1. The fraction of sp³-hybridized carbons (Fsp3) is 0.556. The summed E-state index contributed by atoms with van der Waals surface area (Å²) in [5, 5.41) is 4.10. The number of likely N-dealkylation sites (tertiary alicyclic amines) is 1. The van der Waals surface area contributed by atoms with Crippen LogP contribution in [0.1, 0.15) is 24.8 Å². The molecule has 1 aromatic rings. The molecule has 148 valence electrons. The van der Waals surface area contributed by atoms with Gasteiger partial charge in [-0.1, -0.05) is 0 Å². The van der Waals surface area contributed by atoms with Crippen LogP contribution in [0.3, 0.4) is 0 Å². The number of piperidine rings is 1. The Kier molecular flexibility index (Phi) is 5.98. The van der Waals surface area contributed by atoms with E-state index in [1.165, 1.54) is 6.21 Å². The summed E-state index contributed by atoms with van der Waals surface area (Å²) in [6.07, 6.45) is 2.88. The minimum absolute atomic E-state index is 0.0442. The van der Waals surface area contributed by atoms with Gasteiger partial charge in [0.25, 0.3) is 0 Å². The first-order valence-electron chi connectivity index (χ1n) is 8.94. The topological polar surface area (TPSA) is 61.9 Å². The molecule has 0 aliphatic carbocycles. The van der Waals surface area contributed by atoms with Gasteiger partial charge in [0.15, 0.2) is 0 Å². The van der Waals surface area contributed by atoms with Crippen LogP contribution < -0.4 is 5.73 Å². The third kappa shape index (κ3) is 4.40. The number of benzene rings is 1. The number of rotatable bonds is 5. The summed E-state index contributed by atoms with van der Waals surface area (Å²) in [6, 6.07) is 1.95. The lowest BCUT2D eigenvalue weighted by Gasteiger charge is -2.37. The molecule has 1 aromatic carbocycles. The molecule has 0 spiro atoms. The molecule has 0 radical (unpaired) electrons. The quantitative estimate of drug-likeness (QED) is 0.624. The van der Waals surface area contributed by atoms with Gasteiger partial charge < -0.3 is 10.6 Å². The fourth-order valence-electron chi connectivity index (χ4n) is 3.71. The maximum Gasteiger partial charge on any atom is 0.330 e. The van der Waals surface area contributed by atoms with E-state index in [4.69, 9.17) is 5.73 Å². The summed E-state index contributed by atoms with van der Waals surface area (Å²) in [5.74, 6) is -1.33. The first-order valence-corrected chi connectivity index (χ1v) is 8.94. The first-order chi connectivity index (χ1) is 12.9. The zero-order chi connectivity index (χ0) is 19.6. The van der Waals surface area contributed by atoms with Crippen LogP contribution in [0.15, 0.2) is 23.3 Å². The average Bonchev–Trinajstić information content (AvgIpc) is 3.14. The van der Waals surface area contributed by atoms with Crippen molar-refractivity contribution < 1.29 is 22.4 Å². The highest BCUT2D eigenvalue weighted by atomic mass is 19.3. The van der Waals surface area contributed by atoms with Gasteiger partial charge in [-0.15, -0.1) is 0 Å². The molecule has 0 saturated carbocycles. The van der Waals surface area contributed by atoms with E-state index in [2.05, 4.69) is 5.10 Å². The Bertz CT molecular complexity index is 707. The molecule has 1 saturated heterocycles. The Balaban J connectivity index is 1.54. The summed E-state index contributed by atoms with van der Waals surface area (Å²) in [4.78, 5) is 14.1. The van der Waals surface area contributed by atoms with E-state index < -0.39 is 24.2 Å². The monoisotopic (exact) mass is 386 g/mol. The van der Waals surface area contributed by atoms with E-state index in [-0.39, 0.29) is 36.3 Å². The summed E-state index contributed by atoms with van der Waals surface area (Å²) in [5.41, 5.74) is 6.42. The van der Waals surface area contributed by atoms with E-state index in [9.17, 15) is 22.4 Å². The molecule has 2 heterocycles. The number of hydrogen-bond acceptors (Lipinski definition) is 4. The van der Waals surface area contributed by atoms with Gasteiger partial charge in [0.05, 0.1) is 0 Å². The third-order valence-electron chi connectivity index (χ3n) is 5.27. The summed E-state index contributed by atoms with van der Waals surface area (Å²) in [7, 11) is 0.